The number of ether oxygens (including phenoxy) is 1. The summed E-state index contributed by atoms with van der Waals surface area (Å²) in [6, 6.07) is 18.8. The number of nitrogens with one attached hydrogen (secondary N) is 2. The van der Waals surface area contributed by atoms with Gasteiger partial charge in [-0.05, 0) is 35.7 Å². The molecule has 1 heterocycles. The summed E-state index contributed by atoms with van der Waals surface area (Å²) in [6.07, 6.45) is 0.414. The van der Waals surface area contributed by atoms with E-state index in [0.717, 1.165) is 16.7 Å². The van der Waals surface area contributed by atoms with Crippen LogP contribution in [0.1, 0.15) is 18.1 Å². The Labute approximate surface area is 164 Å². The van der Waals surface area contributed by atoms with Gasteiger partial charge in [0.05, 0.1) is 17.7 Å². The summed E-state index contributed by atoms with van der Waals surface area (Å²) in [5, 5.41) is 24.3. The van der Waals surface area contributed by atoms with Gasteiger partial charge in [-0.15, -0.1) is 0 Å². The third kappa shape index (κ3) is 3.75. The summed E-state index contributed by atoms with van der Waals surface area (Å²) in [5.74, 6) is -0.262. The monoisotopic (exact) mass is 374 g/mol. The SMILES string of the molecule is COC1(C(=O)N[C@H](C#N)Cc2ccc(-c3ccc(C#N)cc3)cc2)CNC1C. The third-order valence-electron chi connectivity index (χ3n) is 5.32. The highest BCUT2D eigenvalue weighted by atomic mass is 16.5. The Kier molecular flexibility index (Phi) is 5.75. The number of benzene rings is 2. The van der Waals surface area contributed by atoms with Crippen LogP contribution in [0.4, 0.5) is 0 Å². The zero-order valence-corrected chi connectivity index (χ0v) is 15.9. The second kappa shape index (κ2) is 8.22. The van der Waals surface area contributed by atoms with Crippen molar-refractivity contribution in [2.45, 2.75) is 31.0 Å². The number of methoxy groups -OCH3 is 1. The van der Waals surface area contributed by atoms with Crippen molar-refractivity contribution < 1.29 is 9.53 Å². The van der Waals surface area contributed by atoms with Gasteiger partial charge in [-0.1, -0.05) is 36.4 Å². The molecule has 0 bridgehead atoms. The molecule has 6 heteroatoms. The molecule has 0 radical (unpaired) electrons. The van der Waals surface area contributed by atoms with Gasteiger partial charge in [0.15, 0.2) is 5.60 Å². The molecule has 2 aromatic rings. The highest BCUT2D eigenvalue weighted by molar-refractivity contribution is 5.88. The Balaban J connectivity index is 1.66. The number of amides is 1. The van der Waals surface area contributed by atoms with Gasteiger partial charge in [0.2, 0.25) is 0 Å². The van der Waals surface area contributed by atoms with E-state index in [2.05, 4.69) is 22.8 Å². The van der Waals surface area contributed by atoms with Crippen LogP contribution in [-0.4, -0.2) is 37.2 Å². The first-order valence-corrected chi connectivity index (χ1v) is 9.11. The second-order valence-electron chi connectivity index (χ2n) is 6.94. The molecule has 2 N–H and O–H groups in total. The highest BCUT2D eigenvalue weighted by Crippen LogP contribution is 2.24. The summed E-state index contributed by atoms with van der Waals surface area (Å²) >= 11 is 0. The van der Waals surface area contributed by atoms with E-state index in [1.165, 1.54) is 7.11 Å². The Hall–Kier alpha value is -3.19. The molecule has 2 aromatic carbocycles. The number of hydrogen-bond donors (Lipinski definition) is 2. The average Bonchev–Trinajstić information content (AvgIpc) is 2.73. The molecule has 1 aliphatic rings. The van der Waals surface area contributed by atoms with Gasteiger partial charge >= 0.3 is 0 Å². The Bertz CT molecular complexity index is 921. The van der Waals surface area contributed by atoms with Crippen LogP contribution in [0.5, 0.6) is 0 Å². The Morgan fingerprint density at radius 1 is 1.21 bits per heavy atom. The predicted octanol–water partition coefficient (Wildman–Crippen LogP) is 2.15. The van der Waals surface area contributed by atoms with Crippen molar-refractivity contribution in [2.24, 2.45) is 0 Å². The number of carbonyl (C=O) groups is 1. The maximum atomic E-state index is 12.6. The van der Waals surface area contributed by atoms with Gasteiger partial charge in [0, 0.05) is 26.1 Å². The van der Waals surface area contributed by atoms with E-state index in [4.69, 9.17) is 10.00 Å². The number of nitrogens with zero attached hydrogens (tertiary/aromatic N) is 2. The number of rotatable bonds is 6. The molecule has 0 aliphatic carbocycles. The molecule has 6 nitrogen and oxygen atoms in total. The zero-order chi connectivity index (χ0) is 20.1. The molecule has 0 aromatic heterocycles. The first-order valence-electron chi connectivity index (χ1n) is 9.11. The third-order valence-corrected chi connectivity index (χ3v) is 5.32. The molecule has 1 fully saturated rings. The topological polar surface area (TPSA) is 97.9 Å². The van der Waals surface area contributed by atoms with Gasteiger partial charge in [-0.3, -0.25) is 4.79 Å². The van der Waals surface area contributed by atoms with Crippen LogP contribution in [0.15, 0.2) is 48.5 Å². The molecule has 1 saturated heterocycles. The quantitative estimate of drug-likeness (QED) is 0.807. The van der Waals surface area contributed by atoms with E-state index >= 15 is 0 Å². The summed E-state index contributed by atoms with van der Waals surface area (Å²) in [6.45, 7) is 2.32. The molecule has 1 amide bonds. The van der Waals surface area contributed by atoms with Crippen LogP contribution in [0.3, 0.4) is 0 Å². The lowest BCUT2D eigenvalue weighted by Gasteiger charge is -2.46. The van der Waals surface area contributed by atoms with Gasteiger partial charge in [-0.25, -0.2) is 0 Å². The Morgan fingerprint density at radius 2 is 1.82 bits per heavy atom. The number of nitriles is 2. The molecular weight excluding hydrogens is 352 g/mol. The van der Waals surface area contributed by atoms with Crippen LogP contribution in [0.2, 0.25) is 0 Å². The maximum Gasteiger partial charge on any atom is 0.256 e. The van der Waals surface area contributed by atoms with Crippen molar-refractivity contribution >= 4 is 5.91 Å². The van der Waals surface area contributed by atoms with E-state index in [1.54, 1.807) is 12.1 Å². The summed E-state index contributed by atoms with van der Waals surface area (Å²) in [7, 11) is 1.51. The first kappa shape index (κ1) is 19.6. The minimum atomic E-state index is -0.908. The van der Waals surface area contributed by atoms with Gasteiger partial charge < -0.3 is 15.4 Å². The largest absolute Gasteiger partial charge is 0.365 e. The van der Waals surface area contributed by atoms with Crippen LogP contribution in [0.25, 0.3) is 11.1 Å². The van der Waals surface area contributed by atoms with Gasteiger partial charge in [-0.2, -0.15) is 10.5 Å². The molecule has 142 valence electrons. The summed E-state index contributed by atoms with van der Waals surface area (Å²) in [4.78, 5) is 12.6. The lowest BCUT2D eigenvalue weighted by Crippen LogP contribution is -2.74. The standard InChI is InChI=1S/C22H22N4O2/c1-15-22(28-2,14-25-15)21(27)26-20(13-24)11-16-3-7-18(8-4-16)19-9-5-17(12-23)6-10-19/h3-10,15,20,25H,11,14H2,1-2H3,(H,26,27)/t15?,20-,22?/m0/s1. The molecule has 28 heavy (non-hydrogen) atoms. The fourth-order valence-electron chi connectivity index (χ4n) is 3.33. The van der Waals surface area contributed by atoms with Crippen molar-refractivity contribution in [3.8, 4) is 23.3 Å². The minimum absolute atomic E-state index is 0.0939. The molecule has 0 spiro atoms. The molecule has 3 atom stereocenters. The van der Waals surface area contributed by atoms with Crippen molar-refractivity contribution in [3.05, 3.63) is 59.7 Å². The fraction of sp³-hybridized carbons (Fsp3) is 0.318. The Morgan fingerprint density at radius 3 is 2.25 bits per heavy atom. The molecule has 3 rings (SSSR count). The van der Waals surface area contributed by atoms with E-state index < -0.39 is 11.6 Å². The molecule has 1 aliphatic heterocycles. The van der Waals surface area contributed by atoms with E-state index in [-0.39, 0.29) is 11.9 Å². The van der Waals surface area contributed by atoms with Crippen LogP contribution < -0.4 is 10.6 Å². The van der Waals surface area contributed by atoms with Gasteiger partial charge in [0.25, 0.3) is 5.91 Å². The number of carbonyl (C=O) groups excluding carboxylic acids is 1. The lowest BCUT2D eigenvalue weighted by molar-refractivity contribution is -0.157. The molecule has 2 unspecified atom stereocenters. The minimum Gasteiger partial charge on any atom is -0.365 e. The van der Waals surface area contributed by atoms with Crippen molar-refractivity contribution in [1.29, 1.82) is 10.5 Å². The summed E-state index contributed by atoms with van der Waals surface area (Å²) in [5.41, 5.74) is 2.71. The smallest absolute Gasteiger partial charge is 0.256 e. The maximum absolute atomic E-state index is 12.6. The zero-order valence-electron chi connectivity index (χ0n) is 15.9. The number of hydrogen-bond acceptors (Lipinski definition) is 5. The molecule has 0 saturated carbocycles. The lowest BCUT2D eigenvalue weighted by atomic mass is 9.85. The van der Waals surface area contributed by atoms with Crippen LogP contribution >= 0.6 is 0 Å². The average molecular weight is 374 g/mol. The van der Waals surface area contributed by atoms with Crippen LogP contribution in [0, 0.1) is 22.7 Å². The van der Waals surface area contributed by atoms with Crippen LogP contribution in [-0.2, 0) is 16.0 Å². The normalized spacial score (nSPS) is 21.6. The van der Waals surface area contributed by atoms with E-state index in [1.807, 2.05) is 43.3 Å². The van der Waals surface area contributed by atoms with Crippen molar-refractivity contribution in [2.75, 3.05) is 13.7 Å². The van der Waals surface area contributed by atoms with Crippen molar-refractivity contribution in [1.82, 2.24) is 10.6 Å². The first-order chi connectivity index (χ1) is 13.5. The van der Waals surface area contributed by atoms with Gasteiger partial charge in [0.1, 0.15) is 6.04 Å². The summed E-state index contributed by atoms with van der Waals surface area (Å²) < 4.78 is 5.42. The van der Waals surface area contributed by atoms with E-state index in [0.29, 0.717) is 18.5 Å². The second-order valence-corrected chi connectivity index (χ2v) is 6.94. The fourth-order valence-corrected chi connectivity index (χ4v) is 3.33. The highest BCUT2D eigenvalue weighted by Gasteiger charge is 2.51. The van der Waals surface area contributed by atoms with E-state index in [9.17, 15) is 10.1 Å². The molecular formula is C22H22N4O2. The van der Waals surface area contributed by atoms with Crippen molar-refractivity contribution in [3.63, 3.8) is 0 Å². The predicted molar refractivity (Wildman–Crippen MR) is 105 cm³/mol.